The van der Waals surface area contributed by atoms with E-state index >= 15 is 0 Å². The largest absolute Gasteiger partial charge is 0.416 e. The van der Waals surface area contributed by atoms with Gasteiger partial charge in [-0.05, 0) is 148 Å². The quantitative estimate of drug-likeness (QED) is 0.0696. The highest BCUT2D eigenvalue weighted by molar-refractivity contribution is 7.81. The van der Waals surface area contributed by atoms with E-state index in [1.807, 2.05) is 30.3 Å². The van der Waals surface area contributed by atoms with Gasteiger partial charge in [0.15, 0.2) is 10.2 Å². The fraction of sp³-hybridized carbons (Fsp3) is 0.371. The number of benzene rings is 4. The van der Waals surface area contributed by atoms with Crippen LogP contribution in [0.3, 0.4) is 0 Å². The molecule has 0 aliphatic carbocycles. The first-order chi connectivity index (χ1) is 41.1. The number of nitrogens with zero attached hydrogens (tertiary/aromatic N) is 5. The van der Waals surface area contributed by atoms with Gasteiger partial charge >= 0.3 is 18.5 Å². The molecule has 2 aromatic heterocycles. The normalized spacial score (nSPS) is 15.2. The third-order valence-corrected chi connectivity index (χ3v) is 15.1. The van der Waals surface area contributed by atoms with Crippen LogP contribution in [0.5, 0.6) is 0 Å². The number of hydrogen-bond donors (Lipinski definition) is 5. The Balaban J connectivity index is 0.000000186. The van der Waals surface area contributed by atoms with Crippen molar-refractivity contribution in [3.05, 3.63) is 167 Å². The van der Waals surface area contributed by atoms with Crippen molar-refractivity contribution < 1.29 is 49.1 Å². The molecule has 0 bridgehead atoms. The van der Waals surface area contributed by atoms with Crippen molar-refractivity contribution in [2.75, 3.05) is 69.9 Å². The molecule has 3 aliphatic rings. The molecule has 12 nitrogen and oxygen atoms in total. The predicted molar refractivity (Wildman–Crippen MR) is 333 cm³/mol. The van der Waals surface area contributed by atoms with Crippen molar-refractivity contribution in [3.63, 3.8) is 0 Å². The first-order valence-electron chi connectivity index (χ1n) is 28.4. The molecule has 458 valence electrons. The van der Waals surface area contributed by atoms with Crippen molar-refractivity contribution in [1.82, 2.24) is 20.6 Å². The number of piperidine rings is 1. The lowest BCUT2D eigenvalue weighted by Crippen LogP contribution is -2.35. The Hall–Kier alpha value is -7.44. The molecule has 0 saturated carbocycles. The average Bonchev–Trinajstić information content (AvgIpc) is 2.11. The maximum absolute atomic E-state index is 13.3. The molecule has 0 radical (unpaired) electrons. The van der Waals surface area contributed by atoms with Crippen molar-refractivity contribution in [2.45, 2.75) is 108 Å². The topological polar surface area (TPSA) is 130 Å². The van der Waals surface area contributed by atoms with Crippen molar-refractivity contribution >= 4 is 97.8 Å². The number of halogens is 9. The molecule has 2 amide bonds. The fourth-order valence-electron chi connectivity index (χ4n) is 9.99. The molecule has 4 aromatic carbocycles. The second kappa shape index (κ2) is 31.8. The smallest absolute Gasteiger partial charge is 0.370 e. The Morgan fingerprint density at radius 1 is 0.384 bits per heavy atom. The number of nitrogens with one attached hydrogen (secondary N) is 5. The minimum absolute atomic E-state index is 0.0707. The van der Waals surface area contributed by atoms with Crippen LogP contribution >= 0.6 is 36.7 Å². The van der Waals surface area contributed by atoms with Gasteiger partial charge in [-0.2, -0.15) is 39.5 Å². The second-order valence-electron chi connectivity index (χ2n) is 20.7. The third-order valence-electron chi connectivity index (χ3n) is 14.4. The Kier molecular flexibility index (Phi) is 24.4. The lowest BCUT2D eigenvalue weighted by atomic mass is 10.1. The molecule has 3 saturated heterocycles. The van der Waals surface area contributed by atoms with Gasteiger partial charge in [-0.1, -0.05) is 87.5 Å². The number of hydrogen-bond acceptors (Lipinski definition) is 10. The van der Waals surface area contributed by atoms with E-state index in [9.17, 15) is 49.1 Å². The molecule has 0 atom stereocenters. The maximum atomic E-state index is 13.3. The van der Waals surface area contributed by atoms with E-state index in [1.54, 1.807) is 30.3 Å². The number of aromatic nitrogens is 2. The first kappa shape index (κ1) is 66.1. The van der Waals surface area contributed by atoms with Crippen molar-refractivity contribution in [2.24, 2.45) is 0 Å². The summed E-state index contributed by atoms with van der Waals surface area (Å²) >= 11 is 15.8. The summed E-state index contributed by atoms with van der Waals surface area (Å²) in [6.07, 6.45) is 7.55. The van der Waals surface area contributed by atoms with Crippen LogP contribution in [0.25, 0.3) is 0 Å². The number of carbonyl (C=O) groups excluding carboxylic acids is 2. The minimum Gasteiger partial charge on any atom is -0.370 e. The highest BCUT2D eigenvalue weighted by Crippen LogP contribution is 2.39. The van der Waals surface area contributed by atoms with E-state index in [1.165, 1.54) is 56.2 Å². The molecule has 24 heteroatoms. The van der Waals surface area contributed by atoms with Crippen LogP contribution in [0.4, 0.5) is 73.6 Å². The summed E-state index contributed by atoms with van der Waals surface area (Å²) in [6, 6.07) is 26.6. The van der Waals surface area contributed by atoms with Crippen LogP contribution in [0.2, 0.25) is 0 Å². The van der Waals surface area contributed by atoms with E-state index < -0.39 is 47.0 Å². The number of pyridine rings is 2. The fourth-order valence-corrected chi connectivity index (χ4v) is 10.6. The van der Waals surface area contributed by atoms with E-state index in [0.717, 1.165) is 158 Å². The average molecular weight is 1250 g/mol. The summed E-state index contributed by atoms with van der Waals surface area (Å²) < 4.78 is 119. The molecule has 86 heavy (non-hydrogen) atoms. The van der Waals surface area contributed by atoms with Crippen LogP contribution in [0.1, 0.15) is 133 Å². The summed E-state index contributed by atoms with van der Waals surface area (Å²) in [5, 5.41) is 13.5. The van der Waals surface area contributed by atoms with Crippen LogP contribution in [-0.2, 0) is 18.5 Å². The molecule has 0 unspecified atom stereocenters. The number of thiocarbonyl (C=S) groups is 3. The van der Waals surface area contributed by atoms with Gasteiger partial charge in [-0.3, -0.25) is 30.2 Å². The second-order valence-corrected chi connectivity index (χ2v) is 21.9. The molecular formula is C62H67F9N10O2S3. The van der Waals surface area contributed by atoms with Gasteiger partial charge in [0.25, 0.3) is 11.8 Å². The number of rotatable bonds is 9. The summed E-state index contributed by atoms with van der Waals surface area (Å²) in [5.41, 5.74) is 2.07. The number of carbonyl (C=O) groups is 2. The predicted octanol–water partition coefficient (Wildman–Crippen LogP) is 15.9. The van der Waals surface area contributed by atoms with Crippen molar-refractivity contribution in [3.8, 4) is 0 Å². The molecular weight excluding hydrogens is 1180 g/mol. The number of anilines is 6. The van der Waals surface area contributed by atoms with E-state index in [0.29, 0.717) is 33.2 Å². The Bertz CT molecular complexity index is 3190. The lowest BCUT2D eigenvalue weighted by molar-refractivity contribution is -0.138. The molecule has 5 heterocycles. The van der Waals surface area contributed by atoms with Gasteiger partial charge in [0.2, 0.25) is 0 Å². The van der Waals surface area contributed by atoms with Gasteiger partial charge in [0.1, 0.15) is 4.99 Å². The van der Waals surface area contributed by atoms with Crippen LogP contribution in [-0.4, -0.2) is 76.3 Å². The van der Waals surface area contributed by atoms with Gasteiger partial charge in [0, 0.05) is 69.6 Å². The SMILES string of the molecule is FC(F)(F)c1ccc(N2CCCCC2)c(NC(=S)c2ccccc2)c1.O=C(NC(=S)Nc1cc(C(F)(F)F)ccc1N1CCCCCCC1)c1cccnc1.O=C(NC(=S)Nc1cc(C(F)(F)F)ccc1N1CCCCCCCC1)c1cccnc1. The zero-order valence-electron chi connectivity index (χ0n) is 47.0. The Morgan fingerprint density at radius 3 is 1.00 bits per heavy atom. The summed E-state index contributed by atoms with van der Waals surface area (Å²) in [6.45, 7) is 4.73. The van der Waals surface area contributed by atoms with Crippen LogP contribution < -0.4 is 41.3 Å². The Morgan fingerprint density at radius 2 is 0.686 bits per heavy atom. The van der Waals surface area contributed by atoms with Gasteiger partial charge < -0.3 is 30.7 Å². The van der Waals surface area contributed by atoms with Crippen molar-refractivity contribution in [1.29, 1.82) is 0 Å². The number of alkyl halides is 9. The highest BCUT2D eigenvalue weighted by atomic mass is 32.1. The lowest BCUT2D eigenvalue weighted by Gasteiger charge is -2.31. The van der Waals surface area contributed by atoms with Crippen LogP contribution in [0.15, 0.2) is 134 Å². The first-order valence-corrected chi connectivity index (χ1v) is 29.7. The zero-order chi connectivity index (χ0) is 61.7. The Labute approximate surface area is 510 Å². The summed E-state index contributed by atoms with van der Waals surface area (Å²) in [5.74, 6) is -0.970. The van der Waals surface area contributed by atoms with Gasteiger partial charge in [-0.15, -0.1) is 0 Å². The minimum atomic E-state index is -4.48. The van der Waals surface area contributed by atoms with Gasteiger partial charge in [-0.25, -0.2) is 0 Å². The molecule has 9 rings (SSSR count). The van der Waals surface area contributed by atoms with E-state index in [2.05, 4.69) is 51.3 Å². The molecule has 3 fully saturated rings. The molecule has 5 N–H and O–H groups in total. The molecule has 3 aliphatic heterocycles. The summed E-state index contributed by atoms with van der Waals surface area (Å²) in [7, 11) is 0. The van der Waals surface area contributed by atoms with Crippen LogP contribution in [0, 0.1) is 0 Å². The monoisotopic (exact) mass is 1250 g/mol. The maximum Gasteiger partial charge on any atom is 0.416 e. The third kappa shape index (κ3) is 20.3. The zero-order valence-corrected chi connectivity index (χ0v) is 49.5. The standard InChI is InChI=1S/C22H25F3N4OS.C21H23F3N4OS.C19H19F3N2S/c23-22(24,25)17-9-10-19(29-12-5-3-1-2-4-6-13-29)18(14-17)27-21(31)28-20(30)16-8-7-11-26-15-16;22-21(23,24)16-8-9-18(28-11-4-2-1-3-5-12-28)17(13-16)26-20(30)27-19(29)15-7-6-10-25-14-15;20-19(21,22)15-9-10-17(24-11-5-2-6-12-24)16(13-15)23-18(25)14-7-3-1-4-8-14/h7-11,14-15H,1-6,12-13H2,(H2,27,28,30,31);6-10,13-14H,1-5,11-12H2,(H2,26,27,29,30);1,3-4,7-10,13H,2,5-6,11-12H2,(H,23,25). The molecule has 6 aromatic rings. The highest BCUT2D eigenvalue weighted by Gasteiger charge is 2.34. The molecule has 0 spiro atoms. The van der Waals surface area contributed by atoms with Gasteiger partial charge in [0.05, 0.1) is 61.9 Å². The van der Waals surface area contributed by atoms with E-state index in [-0.39, 0.29) is 21.6 Å². The summed E-state index contributed by atoms with van der Waals surface area (Å²) in [4.78, 5) is 39.0. The van der Waals surface area contributed by atoms with E-state index in [4.69, 9.17) is 36.7 Å². The number of amides is 2.